The monoisotopic (exact) mass is 314 g/mol. The fourth-order valence-corrected chi connectivity index (χ4v) is 3.19. The first kappa shape index (κ1) is 17.5. The maximum Gasteiger partial charge on any atom is 0.352 e. The number of unbranched alkanes of at least 4 members (excludes halogenated alkanes) is 1. The Morgan fingerprint density at radius 2 is 2.14 bits per heavy atom. The summed E-state index contributed by atoms with van der Waals surface area (Å²) in [6, 6.07) is 1.08. The van der Waals surface area contributed by atoms with Crippen molar-refractivity contribution >= 4 is 16.0 Å². The van der Waals surface area contributed by atoms with Gasteiger partial charge in [0.2, 0.25) is 10.0 Å². The number of sulfonamides is 1. The molecule has 0 bridgehead atoms. The summed E-state index contributed by atoms with van der Waals surface area (Å²) in [5.41, 5.74) is -0.0249. The van der Waals surface area contributed by atoms with Gasteiger partial charge in [0.15, 0.2) is 0 Å². The normalized spacial score (nSPS) is 12.0. The number of nitrogens with zero attached hydrogens (tertiary/aromatic N) is 2. The van der Waals surface area contributed by atoms with Crippen LogP contribution in [0.1, 0.15) is 43.2 Å². The maximum absolute atomic E-state index is 12.4. The number of carboxylic acid groups (broad SMARTS) is 1. The third-order valence-corrected chi connectivity index (χ3v) is 5.01. The van der Waals surface area contributed by atoms with Gasteiger partial charge in [0.1, 0.15) is 10.6 Å². The second-order valence-electron chi connectivity index (χ2n) is 5.12. The summed E-state index contributed by atoms with van der Waals surface area (Å²) in [4.78, 5) is 11.2. The van der Waals surface area contributed by atoms with Gasteiger partial charge < -0.3 is 9.67 Å². The third-order valence-electron chi connectivity index (χ3n) is 3.19. The van der Waals surface area contributed by atoms with E-state index in [0.29, 0.717) is 13.0 Å². The van der Waals surface area contributed by atoms with Crippen LogP contribution >= 0.6 is 0 Å². The molecule has 6 nitrogen and oxygen atoms in total. The molecule has 1 rings (SSSR count). The van der Waals surface area contributed by atoms with Gasteiger partial charge in [-0.25, -0.2) is 17.5 Å². The summed E-state index contributed by atoms with van der Waals surface area (Å²) in [6.45, 7) is 7.56. The second kappa shape index (κ2) is 6.91. The van der Waals surface area contributed by atoms with Gasteiger partial charge in [-0.15, -0.1) is 6.58 Å². The Morgan fingerprint density at radius 1 is 1.52 bits per heavy atom. The van der Waals surface area contributed by atoms with Crippen LogP contribution in [0.5, 0.6) is 0 Å². The van der Waals surface area contributed by atoms with E-state index in [1.807, 2.05) is 0 Å². The minimum atomic E-state index is -3.67. The molecule has 0 amide bonds. The summed E-state index contributed by atoms with van der Waals surface area (Å²) in [6.07, 6.45) is 4.52. The van der Waals surface area contributed by atoms with Crippen LogP contribution in [0.3, 0.4) is 0 Å². The molecule has 0 saturated heterocycles. The van der Waals surface area contributed by atoms with Crippen LogP contribution < -0.4 is 0 Å². The van der Waals surface area contributed by atoms with E-state index in [9.17, 15) is 13.2 Å². The topological polar surface area (TPSA) is 79.6 Å². The number of carboxylic acids is 1. The Kier molecular flexibility index (Phi) is 5.74. The van der Waals surface area contributed by atoms with Gasteiger partial charge in [0.25, 0.3) is 0 Å². The molecule has 0 aliphatic rings. The van der Waals surface area contributed by atoms with Crippen LogP contribution in [0.15, 0.2) is 29.8 Å². The number of allylic oxidation sites excluding steroid dienone is 1. The maximum atomic E-state index is 12.4. The number of hydrogen-bond acceptors (Lipinski definition) is 3. The average molecular weight is 314 g/mol. The van der Waals surface area contributed by atoms with Gasteiger partial charge in [0, 0.05) is 25.8 Å². The first-order chi connectivity index (χ1) is 9.71. The summed E-state index contributed by atoms with van der Waals surface area (Å²) in [5.74, 6) is -1.14. The van der Waals surface area contributed by atoms with Crippen molar-refractivity contribution in [2.45, 2.75) is 37.6 Å². The molecule has 1 aromatic rings. The van der Waals surface area contributed by atoms with E-state index < -0.39 is 16.0 Å². The fourth-order valence-electron chi connectivity index (χ4n) is 1.95. The van der Waals surface area contributed by atoms with E-state index in [2.05, 4.69) is 6.58 Å². The van der Waals surface area contributed by atoms with Crippen LogP contribution in [0.25, 0.3) is 0 Å². The molecule has 7 heteroatoms. The van der Waals surface area contributed by atoms with Gasteiger partial charge in [0.05, 0.1) is 0 Å². The minimum absolute atomic E-state index is 0.00898. The SMILES string of the molecule is C=CCCCN(C)S(=O)(=O)c1cc(C(=O)O)n(C(C)C)c1. The van der Waals surface area contributed by atoms with E-state index in [4.69, 9.17) is 5.11 Å². The van der Waals surface area contributed by atoms with Crippen LogP contribution in [-0.2, 0) is 10.0 Å². The molecule has 1 heterocycles. The molecule has 21 heavy (non-hydrogen) atoms. The highest BCUT2D eigenvalue weighted by Gasteiger charge is 2.25. The standard InChI is InChI=1S/C14H22N2O4S/c1-5-6-7-8-15(4)21(19,20)12-9-13(14(17)18)16(10-12)11(2)3/h5,9-11H,1,6-8H2,2-4H3,(H,17,18). The molecule has 0 radical (unpaired) electrons. The Bertz CT molecular complexity index is 617. The largest absolute Gasteiger partial charge is 0.477 e. The quantitative estimate of drug-likeness (QED) is 0.590. The average Bonchev–Trinajstić information content (AvgIpc) is 2.84. The highest BCUT2D eigenvalue weighted by atomic mass is 32.2. The number of hydrogen-bond donors (Lipinski definition) is 1. The van der Waals surface area contributed by atoms with Crippen molar-refractivity contribution in [3.05, 3.63) is 30.6 Å². The lowest BCUT2D eigenvalue weighted by Gasteiger charge is -2.15. The molecule has 0 atom stereocenters. The number of aromatic nitrogens is 1. The molecular weight excluding hydrogens is 292 g/mol. The van der Waals surface area contributed by atoms with E-state index in [-0.39, 0.29) is 16.6 Å². The Hall–Kier alpha value is -1.60. The molecule has 0 saturated carbocycles. The summed E-state index contributed by atoms with van der Waals surface area (Å²) >= 11 is 0. The molecule has 0 aromatic carbocycles. The predicted octanol–water partition coefficient (Wildman–Crippen LogP) is 2.35. The lowest BCUT2D eigenvalue weighted by molar-refractivity contribution is 0.0683. The molecule has 0 unspecified atom stereocenters. The molecule has 118 valence electrons. The first-order valence-electron chi connectivity index (χ1n) is 6.74. The van der Waals surface area contributed by atoms with Crippen molar-refractivity contribution in [3.63, 3.8) is 0 Å². The van der Waals surface area contributed by atoms with E-state index >= 15 is 0 Å². The number of rotatable bonds is 8. The van der Waals surface area contributed by atoms with Crippen molar-refractivity contribution in [3.8, 4) is 0 Å². The van der Waals surface area contributed by atoms with Crippen LogP contribution in [0, 0.1) is 0 Å². The Morgan fingerprint density at radius 3 is 2.57 bits per heavy atom. The first-order valence-corrected chi connectivity index (χ1v) is 8.18. The second-order valence-corrected chi connectivity index (χ2v) is 7.17. The van der Waals surface area contributed by atoms with Crippen molar-refractivity contribution in [2.75, 3.05) is 13.6 Å². The van der Waals surface area contributed by atoms with Crippen molar-refractivity contribution in [1.29, 1.82) is 0 Å². The summed E-state index contributed by atoms with van der Waals surface area (Å²) < 4.78 is 27.6. The van der Waals surface area contributed by atoms with Gasteiger partial charge >= 0.3 is 5.97 Å². The molecule has 0 aliphatic carbocycles. The lowest BCUT2D eigenvalue weighted by Crippen LogP contribution is -2.27. The van der Waals surface area contributed by atoms with Gasteiger partial charge in [-0.2, -0.15) is 0 Å². The van der Waals surface area contributed by atoms with Crippen LogP contribution in [0.4, 0.5) is 0 Å². The Balaban J connectivity index is 3.11. The van der Waals surface area contributed by atoms with E-state index in [0.717, 1.165) is 6.42 Å². The number of carbonyl (C=O) groups is 1. The highest BCUT2D eigenvalue weighted by molar-refractivity contribution is 7.89. The molecule has 1 aromatic heterocycles. The predicted molar refractivity (Wildman–Crippen MR) is 81.0 cm³/mol. The zero-order chi connectivity index (χ0) is 16.2. The van der Waals surface area contributed by atoms with Crippen LogP contribution in [-0.4, -0.2) is 42.0 Å². The third kappa shape index (κ3) is 3.95. The van der Waals surface area contributed by atoms with Gasteiger partial charge in [-0.1, -0.05) is 6.08 Å². The molecule has 0 fully saturated rings. The smallest absolute Gasteiger partial charge is 0.352 e. The Labute approximate surface area is 125 Å². The molecule has 0 aliphatic heterocycles. The van der Waals surface area contributed by atoms with Gasteiger partial charge in [-0.05, 0) is 32.8 Å². The van der Waals surface area contributed by atoms with Crippen molar-refractivity contribution in [1.82, 2.24) is 8.87 Å². The van der Waals surface area contributed by atoms with Crippen molar-refractivity contribution < 1.29 is 18.3 Å². The molecule has 1 N–H and O–H groups in total. The van der Waals surface area contributed by atoms with Crippen molar-refractivity contribution in [2.24, 2.45) is 0 Å². The fraction of sp³-hybridized carbons (Fsp3) is 0.500. The van der Waals surface area contributed by atoms with Gasteiger partial charge in [-0.3, -0.25) is 0 Å². The summed E-state index contributed by atoms with van der Waals surface area (Å²) in [7, 11) is -2.18. The van der Waals surface area contributed by atoms with E-state index in [1.54, 1.807) is 19.9 Å². The zero-order valence-corrected chi connectivity index (χ0v) is 13.4. The highest BCUT2D eigenvalue weighted by Crippen LogP contribution is 2.21. The van der Waals surface area contributed by atoms with Crippen LogP contribution in [0.2, 0.25) is 0 Å². The zero-order valence-electron chi connectivity index (χ0n) is 12.6. The minimum Gasteiger partial charge on any atom is -0.477 e. The lowest BCUT2D eigenvalue weighted by atomic mass is 10.3. The molecular formula is C14H22N2O4S. The summed E-state index contributed by atoms with van der Waals surface area (Å²) in [5, 5.41) is 9.17. The molecule has 0 spiro atoms. The number of aromatic carboxylic acids is 1. The van der Waals surface area contributed by atoms with E-state index in [1.165, 1.54) is 28.2 Å².